The van der Waals surface area contributed by atoms with Gasteiger partial charge in [-0.3, -0.25) is 14.4 Å². The lowest BCUT2D eigenvalue weighted by Crippen LogP contribution is -2.71. The molecule has 51 heavy (non-hydrogen) atoms. The van der Waals surface area contributed by atoms with Crippen molar-refractivity contribution < 1.29 is 48.0 Å². The second-order valence-electron chi connectivity index (χ2n) is 16.6. The van der Waals surface area contributed by atoms with E-state index in [4.69, 9.17) is 14.6 Å². The largest absolute Gasteiger partial charge is 0.481 e. The SMILES string of the molecule is CCCCCCCCCCCCCCCC(=O)O.CCC[C@@H]1O[C@@H]2C[C@H]3[C@@H]4C[C@H](F)C5=CC(=O)CC[C@]5(C)[C@@]4(F)[C@@H](O)C[C@]3(C)[C@]2(C(=O)CO)O1. The van der Waals surface area contributed by atoms with E-state index in [2.05, 4.69) is 6.92 Å². The molecule has 0 spiro atoms. The maximum Gasteiger partial charge on any atom is 0.303 e. The second-order valence-corrected chi connectivity index (χ2v) is 16.6. The number of aliphatic hydroxyl groups is 2. The fraction of sp³-hybridized carbons (Fsp3) is 0.878. The highest BCUT2D eigenvalue weighted by Gasteiger charge is 2.80. The van der Waals surface area contributed by atoms with Gasteiger partial charge in [-0.15, -0.1) is 0 Å². The highest BCUT2D eigenvalue weighted by atomic mass is 19.1. The maximum absolute atomic E-state index is 17.2. The molecule has 0 aromatic heterocycles. The number of carbonyl (C=O) groups is 3. The Kier molecular flexibility index (Phi) is 14.9. The molecule has 5 aliphatic rings. The van der Waals surface area contributed by atoms with Crippen molar-refractivity contribution in [1.29, 1.82) is 0 Å². The molecule has 1 aliphatic heterocycles. The summed E-state index contributed by atoms with van der Waals surface area (Å²) in [5, 5.41) is 29.7. The number of ketones is 2. The molecule has 3 N–H and O–H groups in total. The van der Waals surface area contributed by atoms with Crippen molar-refractivity contribution in [1.82, 2.24) is 0 Å². The smallest absolute Gasteiger partial charge is 0.303 e. The normalized spacial score (nSPS) is 38.1. The van der Waals surface area contributed by atoms with E-state index in [1.165, 1.54) is 76.7 Å². The van der Waals surface area contributed by atoms with Crippen molar-refractivity contribution >= 4 is 17.5 Å². The first kappa shape index (κ1) is 42.0. The number of fused-ring (bicyclic) bond motifs is 7. The van der Waals surface area contributed by atoms with Crippen LogP contribution in [0.25, 0.3) is 0 Å². The van der Waals surface area contributed by atoms with E-state index >= 15 is 8.78 Å². The molecule has 0 aromatic rings. The highest BCUT2D eigenvalue weighted by molar-refractivity contribution is 5.92. The topological polar surface area (TPSA) is 130 Å². The predicted octanol–water partition coefficient (Wildman–Crippen LogP) is 8.53. The summed E-state index contributed by atoms with van der Waals surface area (Å²) in [7, 11) is 0. The first-order valence-electron chi connectivity index (χ1n) is 20.2. The monoisotopic (exact) mass is 724 g/mol. The number of rotatable bonds is 18. The molecule has 0 unspecified atom stereocenters. The summed E-state index contributed by atoms with van der Waals surface area (Å²) >= 11 is 0. The van der Waals surface area contributed by atoms with E-state index in [9.17, 15) is 24.6 Å². The number of aliphatic carboxylic acids is 1. The molecule has 5 rings (SSSR count). The molecule has 3 saturated carbocycles. The minimum absolute atomic E-state index is 0.0666. The Morgan fingerprint density at radius 3 is 2.04 bits per heavy atom. The van der Waals surface area contributed by atoms with Gasteiger partial charge >= 0.3 is 5.97 Å². The zero-order valence-electron chi connectivity index (χ0n) is 31.7. The molecule has 8 nitrogen and oxygen atoms in total. The molecule has 10 heteroatoms. The minimum atomic E-state index is -2.14. The van der Waals surface area contributed by atoms with E-state index in [-0.39, 0.29) is 37.0 Å². The van der Waals surface area contributed by atoms with E-state index in [0.29, 0.717) is 19.3 Å². The van der Waals surface area contributed by atoms with Gasteiger partial charge in [0.2, 0.25) is 0 Å². The summed E-state index contributed by atoms with van der Waals surface area (Å²) < 4.78 is 45.1. The quantitative estimate of drug-likeness (QED) is 0.120. The van der Waals surface area contributed by atoms with Crippen molar-refractivity contribution in [3.05, 3.63) is 11.6 Å². The van der Waals surface area contributed by atoms with Crippen molar-refractivity contribution in [3.8, 4) is 0 Å². The van der Waals surface area contributed by atoms with E-state index in [0.717, 1.165) is 19.3 Å². The third kappa shape index (κ3) is 8.19. The molecule has 1 saturated heterocycles. The molecule has 10 atom stereocenters. The van der Waals surface area contributed by atoms with E-state index in [1.807, 2.05) is 6.92 Å². The highest BCUT2D eigenvalue weighted by Crippen LogP contribution is 2.72. The molecule has 0 bridgehead atoms. The molecule has 0 radical (unpaired) electrons. The van der Waals surface area contributed by atoms with Gasteiger partial charge < -0.3 is 24.8 Å². The van der Waals surface area contributed by atoms with Crippen LogP contribution in [0.4, 0.5) is 8.78 Å². The Bertz CT molecular complexity index is 1230. The van der Waals surface area contributed by atoms with Crippen LogP contribution in [-0.4, -0.2) is 75.4 Å². The molecular weight excluding hydrogens is 658 g/mol. The summed E-state index contributed by atoms with van der Waals surface area (Å²) in [6.45, 7) is 6.91. The first-order chi connectivity index (χ1) is 24.3. The lowest BCUT2D eigenvalue weighted by Gasteiger charge is -2.64. The minimum Gasteiger partial charge on any atom is -0.481 e. The summed E-state index contributed by atoms with van der Waals surface area (Å²) in [6.07, 6.45) is 15.9. The fourth-order valence-corrected chi connectivity index (χ4v) is 10.7. The Labute approximate surface area is 304 Å². The number of unbranched alkanes of at least 4 members (excludes halogenated alkanes) is 12. The molecule has 4 fully saturated rings. The fourth-order valence-electron chi connectivity index (χ4n) is 10.7. The number of ether oxygens (including phenoxy) is 2. The maximum atomic E-state index is 17.2. The summed E-state index contributed by atoms with van der Waals surface area (Å²) in [6, 6.07) is 0. The number of Topliss-reactive ketones (excluding diaryl/α,β-unsaturated/α-hetero) is 1. The van der Waals surface area contributed by atoms with Crippen molar-refractivity contribution in [2.45, 2.75) is 198 Å². The molecule has 1 heterocycles. The van der Waals surface area contributed by atoms with Gasteiger partial charge in [0, 0.05) is 29.6 Å². The lowest BCUT2D eigenvalue weighted by atomic mass is 9.43. The molecule has 292 valence electrons. The molecule has 4 aliphatic carbocycles. The number of hydrogen-bond acceptors (Lipinski definition) is 7. The number of hydrogen-bond donors (Lipinski definition) is 3. The average Bonchev–Trinajstić information content (AvgIpc) is 3.57. The molecule has 0 aromatic carbocycles. The van der Waals surface area contributed by atoms with Crippen LogP contribution in [0.5, 0.6) is 0 Å². The Morgan fingerprint density at radius 2 is 1.49 bits per heavy atom. The van der Waals surface area contributed by atoms with Crippen LogP contribution >= 0.6 is 0 Å². The Morgan fingerprint density at radius 1 is 0.902 bits per heavy atom. The predicted molar refractivity (Wildman–Crippen MR) is 192 cm³/mol. The van der Waals surface area contributed by atoms with Crippen molar-refractivity contribution in [2.24, 2.45) is 22.7 Å². The zero-order chi connectivity index (χ0) is 37.5. The number of allylic oxidation sites excluding steroid dienone is 1. The van der Waals surface area contributed by atoms with Crippen LogP contribution in [-0.2, 0) is 23.9 Å². The Balaban J connectivity index is 0.000000278. The van der Waals surface area contributed by atoms with Crippen molar-refractivity contribution in [3.63, 3.8) is 0 Å². The average molecular weight is 725 g/mol. The van der Waals surface area contributed by atoms with Crippen LogP contribution in [0.1, 0.15) is 163 Å². The summed E-state index contributed by atoms with van der Waals surface area (Å²) in [5.41, 5.74) is -5.82. The van der Waals surface area contributed by atoms with Crippen LogP contribution in [0.15, 0.2) is 11.6 Å². The Hall–Kier alpha value is -1.75. The van der Waals surface area contributed by atoms with Crippen LogP contribution in [0, 0.1) is 22.7 Å². The van der Waals surface area contributed by atoms with E-state index in [1.54, 1.807) is 13.8 Å². The second kappa shape index (κ2) is 18.1. The third-order valence-corrected chi connectivity index (χ3v) is 13.4. The van der Waals surface area contributed by atoms with Crippen molar-refractivity contribution in [2.75, 3.05) is 6.61 Å². The van der Waals surface area contributed by atoms with Crippen LogP contribution in [0.2, 0.25) is 0 Å². The molecular formula is C41H66F2O8. The van der Waals surface area contributed by atoms with Gasteiger partial charge in [0.05, 0.1) is 12.2 Å². The first-order valence-corrected chi connectivity index (χ1v) is 20.2. The van der Waals surface area contributed by atoms with Gasteiger partial charge in [-0.1, -0.05) is 111 Å². The number of carboxylic acid groups (broad SMARTS) is 1. The number of alkyl halides is 2. The van der Waals surface area contributed by atoms with Gasteiger partial charge in [0.15, 0.2) is 23.5 Å². The number of carbonyl (C=O) groups excluding carboxylic acids is 2. The van der Waals surface area contributed by atoms with Gasteiger partial charge in [-0.05, 0) is 56.1 Å². The van der Waals surface area contributed by atoms with Gasteiger partial charge in [-0.25, -0.2) is 8.78 Å². The van der Waals surface area contributed by atoms with Crippen LogP contribution < -0.4 is 0 Å². The number of aliphatic hydroxyl groups excluding tert-OH is 2. The number of halogens is 2. The summed E-state index contributed by atoms with van der Waals surface area (Å²) in [4.78, 5) is 35.5. The summed E-state index contributed by atoms with van der Waals surface area (Å²) in [5.74, 6) is -2.75. The van der Waals surface area contributed by atoms with Gasteiger partial charge in [-0.2, -0.15) is 0 Å². The standard InChI is InChI=1S/C25H34F2O6.C16H32O2/c1-4-5-21-32-20-10-14-15-9-17(26)16-8-13(29)6-7-22(16,2)24(15,27)18(30)11-23(14,3)25(20,33-21)19(31)12-28;1-2-3-4-5-6-7-8-9-10-11-12-13-14-15-16(17)18/h8,14-15,17-18,20-21,28,30H,4-7,9-12H2,1-3H3;2-15H2,1H3,(H,17,18)/t14-,15-,17-,18-,20+,21+,22-,23-,24-,25+;/m0./s1. The van der Waals surface area contributed by atoms with Gasteiger partial charge in [0.25, 0.3) is 0 Å². The zero-order valence-corrected chi connectivity index (χ0v) is 31.7. The van der Waals surface area contributed by atoms with E-state index < -0.39 is 77.0 Å². The van der Waals surface area contributed by atoms with Gasteiger partial charge in [0.1, 0.15) is 18.4 Å². The lowest BCUT2D eigenvalue weighted by molar-refractivity contribution is -0.242. The number of carboxylic acids is 1. The third-order valence-electron chi connectivity index (χ3n) is 13.4. The molecule has 0 amide bonds. The van der Waals surface area contributed by atoms with Crippen LogP contribution in [0.3, 0.4) is 0 Å².